The molecule has 0 saturated carbocycles. The summed E-state index contributed by atoms with van der Waals surface area (Å²) in [7, 11) is 0. The quantitative estimate of drug-likeness (QED) is 0.389. The van der Waals surface area contributed by atoms with E-state index in [1.165, 1.54) is 33.4 Å². The Balaban J connectivity index is 2.04. The maximum absolute atomic E-state index is 2.25. The first-order valence-corrected chi connectivity index (χ1v) is 9.93. The van der Waals surface area contributed by atoms with Crippen molar-refractivity contribution in [2.24, 2.45) is 0 Å². The van der Waals surface area contributed by atoms with Crippen molar-refractivity contribution in [1.29, 1.82) is 0 Å². The molecule has 0 aromatic heterocycles. The van der Waals surface area contributed by atoms with Gasteiger partial charge in [-0.1, -0.05) is 109 Å². The van der Waals surface area contributed by atoms with Crippen LogP contribution in [0.5, 0.6) is 0 Å². The average Bonchev–Trinajstić information content (AvgIpc) is 2.73. The fraction of sp³-hybridized carbons (Fsp3) is 0.143. The molecule has 0 atom stereocenters. The zero-order valence-corrected chi connectivity index (χ0v) is 17.0. The predicted molar refractivity (Wildman–Crippen MR) is 124 cm³/mol. The summed E-state index contributed by atoms with van der Waals surface area (Å²) in [6.07, 6.45) is 12.6. The molecule has 140 valence electrons. The van der Waals surface area contributed by atoms with Crippen molar-refractivity contribution < 1.29 is 0 Å². The van der Waals surface area contributed by atoms with E-state index in [1.54, 1.807) is 0 Å². The molecule has 0 radical (unpaired) electrons. The van der Waals surface area contributed by atoms with Crippen molar-refractivity contribution in [1.82, 2.24) is 0 Å². The van der Waals surface area contributed by atoms with Crippen LogP contribution in [0.4, 0.5) is 0 Å². The molecule has 3 rings (SSSR count). The largest absolute Gasteiger partial charge is 0.0871 e. The lowest BCUT2D eigenvalue weighted by Crippen LogP contribution is -2.03. The summed E-state index contributed by atoms with van der Waals surface area (Å²) in [5.41, 5.74) is 7.63. The lowest BCUT2D eigenvalue weighted by molar-refractivity contribution is 0.976. The Morgan fingerprint density at radius 1 is 0.429 bits per heavy atom. The van der Waals surface area contributed by atoms with Crippen molar-refractivity contribution in [3.8, 4) is 0 Å². The second-order valence-corrected chi connectivity index (χ2v) is 6.93. The summed E-state index contributed by atoms with van der Waals surface area (Å²) in [5, 5.41) is 0. The molecule has 0 aliphatic carbocycles. The van der Waals surface area contributed by atoms with Gasteiger partial charge >= 0.3 is 0 Å². The SMILES string of the molecule is CC=Cc1ccc(C(c2ccc(C=CC)cc2)c2ccc(C=CC)cc2)cc1. The average molecular weight is 365 g/mol. The van der Waals surface area contributed by atoms with E-state index in [1.807, 2.05) is 0 Å². The van der Waals surface area contributed by atoms with Crippen LogP contribution >= 0.6 is 0 Å². The van der Waals surface area contributed by atoms with Crippen molar-refractivity contribution in [2.45, 2.75) is 26.7 Å². The molecule has 0 amide bonds. The van der Waals surface area contributed by atoms with Crippen LogP contribution in [0.3, 0.4) is 0 Å². The number of allylic oxidation sites excluding steroid dienone is 3. The number of benzene rings is 3. The first kappa shape index (κ1) is 19.6. The fourth-order valence-corrected chi connectivity index (χ4v) is 3.55. The zero-order chi connectivity index (χ0) is 19.8. The highest BCUT2D eigenvalue weighted by Gasteiger charge is 2.16. The Kier molecular flexibility index (Phi) is 6.81. The highest BCUT2D eigenvalue weighted by molar-refractivity contribution is 5.55. The Morgan fingerprint density at radius 3 is 0.893 bits per heavy atom. The summed E-state index contributed by atoms with van der Waals surface area (Å²) in [6, 6.07) is 26.7. The van der Waals surface area contributed by atoms with Crippen LogP contribution in [0.1, 0.15) is 60.1 Å². The van der Waals surface area contributed by atoms with Gasteiger partial charge in [-0.05, 0) is 54.2 Å². The molecule has 28 heavy (non-hydrogen) atoms. The van der Waals surface area contributed by atoms with Gasteiger partial charge in [0, 0.05) is 5.92 Å². The van der Waals surface area contributed by atoms with Gasteiger partial charge in [-0.15, -0.1) is 0 Å². The van der Waals surface area contributed by atoms with Crippen LogP contribution in [-0.2, 0) is 0 Å². The van der Waals surface area contributed by atoms with Crippen molar-refractivity contribution in [2.75, 3.05) is 0 Å². The molecule has 0 fully saturated rings. The highest BCUT2D eigenvalue weighted by atomic mass is 14.2. The first-order chi connectivity index (χ1) is 13.7. The second kappa shape index (κ2) is 9.71. The lowest BCUT2D eigenvalue weighted by Gasteiger charge is -2.20. The van der Waals surface area contributed by atoms with E-state index in [0.717, 1.165) is 0 Å². The molecule has 3 aromatic carbocycles. The van der Waals surface area contributed by atoms with E-state index >= 15 is 0 Å². The molecule has 3 aromatic rings. The summed E-state index contributed by atoms with van der Waals surface area (Å²) < 4.78 is 0. The standard InChI is InChI=1S/C28H28/c1-4-7-22-10-16-25(17-11-22)28(26-18-12-23(8-5-2)13-19-26)27-20-14-24(9-6-3)15-21-27/h4-21,28H,1-3H3. The van der Waals surface area contributed by atoms with Gasteiger partial charge in [-0.3, -0.25) is 0 Å². The Bertz CT molecular complexity index is 818. The van der Waals surface area contributed by atoms with Crippen molar-refractivity contribution >= 4 is 18.2 Å². The molecular weight excluding hydrogens is 336 g/mol. The van der Waals surface area contributed by atoms with E-state index in [2.05, 4.69) is 130 Å². The molecule has 0 spiro atoms. The van der Waals surface area contributed by atoms with Gasteiger partial charge in [0.15, 0.2) is 0 Å². The maximum atomic E-state index is 2.25. The molecule has 0 heteroatoms. The summed E-state index contributed by atoms with van der Waals surface area (Å²) in [6.45, 7) is 6.15. The molecular formula is C28H28. The Morgan fingerprint density at radius 2 is 0.679 bits per heavy atom. The smallest absolute Gasteiger partial charge is 0.0340 e. The van der Waals surface area contributed by atoms with Gasteiger partial charge in [-0.25, -0.2) is 0 Å². The van der Waals surface area contributed by atoms with Gasteiger partial charge in [0.05, 0.1) is 0 Å². The van der Waals surface area contributed by atoms with E-state index in [-0.39, 0.29) is 5.92 Å². The molecule has 0 aliphatic heterocycles. The predicted octanol–water partition coefficient (Wildman–Crippen LogP) is 7.97. The minimum absolute atomic E-state index is 0.221. The maximum Gasteiger partial charge on any atom is 0.0340 e. The minimum atomic E-state index is 0.221. The van der Waals surface area contributed by atoms with Crippen LogP contribution in [0.25, 0.3) is 18.2 Å². The van der Waals surface area contributed by atoms with Gasteiger partial charge in [0.25, 0.3) is 0 Å². The minimum Gasteiger partial charge on any atom is -0.0871 e. The zero-order valence-electron chi connectivity index (χ0n) is 17.0. The second-order valence-electron chi connectivity index (χ2n) is 6.93. The van der Waals surface area contributed by atoms with Crippen LogP contribution < -0.4 is 0 Å². The number of hydrogen-bond acceptors (Lipinski definition) is 0. The van der Waals surface area contributed by atoms with E-state index in [9.17, 15) is 0 Å². The van der Waals surface area contributed by atoms with E-state index in [0.29, 0.717) is 0 Å². The van der Waals surface area contributed by atoms with Crippen LogP contribution in [0.15, 0.2) is 91.0 Å². The monoisotopic (exact) mass is 364 g/mol. The van der Waals surface area contributed by atoms with Crippen molar-refractivity contribution in [3.05, 3.63) is 124 Å². The van der Waals surface area contributed by atoms with E-state index in [4.69, 9.17) is 0 Å². The van der Waals surface area contributed by atoms with Gasteiger partial charge in [0.1, 0.15) is 0 Å². The fourth-order valence-electron chi connectivity index (χ4n) is 3.55. The normalized spacial score (nSPS) is 13.0. The lowest BCUT2D eigenvalue weighted by atomic mass is 9.84. The first-order valence-electron chi connectivity index (χ1n) is 9.93. The molecule has 0 unspecified atom stereocenters. The third kappa shape index (κ3) is 4.78. The summed E-state index contributed by atoms with van der Waals surface area (Å²) >= 11 is 0. The highest BCUT2D eigenvalue weighted by Crippen LogP contribution is 2.33. The van der Waals surface area contributed by atoms with Gasteiger partial charge in [0.2, 0.25) is 0 Å². The Labute approximate surface area is 169 Å². The topological polar surface area (TPSA) is 0 Å². The molecule has 0 N–H and O–H groups in total. The van der Waals surface area contributed by atoms with E-state index < -0.39 is 0 Å². The number of rotatable bonds is 6. The molecule has 0 saturated heterocycles. The molecule has 0 heterocycles. The summed E-state index contributed by atoms with van der Waals surface area (Å²) in [5.74, 6) is 0.221. The van der Waals surface area contributed by atoms with Gasteiger partial charge < -0.3 is 0 Å². The molecule has 0 aliphatic rings. The van der Waals surface area contributed by atoms with Crippen LogP contribution in [-0.4, -0.2) is 0 Å². The van der Waals surface area contributed by atoms with Crippen molar-refractivity contribution in [3.63, 3.8) is 0 Å². The third-order valence-electron chi connectivity index (χ3n) is 4.89. The molecule has 0 nitrogen and oxygen atoms in total. The third-order valence-corrected chi connectivity index (χ3v) is 4.89. The number of hydrogen-bond donors (Lipinski definition) is 0. The Hall–Kier alpha value is -3.12. The molecule has 0 bridgehead atoms. The van der Waals surface area contributed by atoms with Crippen LogP contribution in [0, 0.1) is 0 Å². The summed E-state index contributed by atoms with van der Waals surface area (Å²) in [4.78, 5) is 0. The van der Waals surface area contributed by atoms with Crippen LogP contribution in [0.2, 0.25) is 0 Å². The van der Waals surface area contributed by atoms with Gasteiger partial charge in [-0.2, -0.15) is 0 Å².